The highest BCUT2D eigenvalue weighted by atomic mass is 16.1. The summed E-state index contributed by atoms with van der Waals surface area (Å²) in [5, 5.41) is 2.81. The molecule has 2 aromatic carbocycles. The Morgan fingerprint density at radius 1 is 1.16 bits per heavy atom. The Hall–Kier alpha value is -2.33. The van der Waals surface area contributed by atoms with Gasteiger partial charge in [-0.1, -0.05) is 24.3 Å². The summed E-state index contributed by atoms with van der Waals surface area (Å²) in [7, 11) is 0. The van der Waals surface area contributed by atoms with Crippen LogP contribution < -0.4 is 10.2 Å². The number of anilines is 2. The number of nitrogens with one attached hydrogen (secondary N) is 1. The third-order valence-electron chi connectivity index (χ3n) is 4.73. The summed E-state index contributed by atoms with van der Waals surface area (Å²) in [6, 6.07) is 17.4. The van der Waals surface area contributed by atoms with E-state index in [-0.39, 0.29) is 5.91 Å². The third-order valence-corrected chi connectivity index (χ3v) is 4.73. The second kappa shape index (κ2) is 7.70. The van der Waals surface area contributed by atoms with Crippen molar-refractivity contribution in [3.05, 3.63) is 59.7 Å². The fourth-order valence-corrected chi connectivity index (χ4v) is 3.52. The van der Waals surface area contributed by atoms with Crippen LogP contribution in [0.2, 0.25) is 0 Å². The van der Waals surface area contributed by atoms with Crippen LogP contribution >= 0.6 is 0 Å². The lowest BCUT2D eigenvalue weighted by Crippen LogP contribution is -2.51. The van der Waals surface area contributed by atoms with E-state index < -0.39 is 0 Å². The van der Waals surface area contributed by atoms with Gasteiger partial charge in [0.2, 0.25) is 5.91 Å². The second-order valence-electron chi connectivity index (χ2n) is 6.99. The van der Waals surface area contributed by atoms with Crippen molar-refractivity contribution < 1.29 is 4.79 Å². The predicted octanol–water partition coefficient (Wildman–Crippen LogP) is 3.66. The Balaban J connectivity index is 1.58. The van der Waals surface area contributed by atoms with Crippen molar-refractivity contribution in [3.8, 4) is 0 Å². The van der Waals surface area contributed by atoms with E-state index in [0.29, 0.717) is 6.04 Å². The molecular formula is C21H27N3O. The largest absolute Gasteiger partial charge is 0.366 e. The molecule has 1 fully saturated rings. The predicted molar refractivity (Wildman–Crippen MR) is 104 cm³/mol. The molecule has 25 heavy (non-hydrogen) atoms. The molecule has 1 atom stereocenters. The van der Waals surface area contributed by atoms with Gasteiger partial charge in [0.1, 0.15) is 0 Å². The molecule has 0 spiro atoms. The van der Waals surface area contributed by atoms with Gasteiger partial charge in [-0.25, -0.2) is 0 Å². The van der Waals surface area contributed by atoms with Gasteiger partial charge in [0.05, 0.1) is 0 Å². The molecule has 0 saturated carbocycles. The molecule has 4 nitrogen and oxygen atoms in total. The Morgan fingerprint density at radius 2 is 1.92 bits per heavy atom. The molecule has 1 aliphatic heterocycles. The molecule has 1 unspecified atom stereocenters. The van der Waals surface area contributed by atoms with Crippen LogP contribution in [0.4, 0.5) is 11.4 Å². The molecule has 0 aliphatic carbocycles. The number of amides is 1. The summed E-state index contributed by atoms with van der Waals surface area (Å²) >= 11 is 0. The Bertz CT molecular complexity index is 726. The standard InChI is InChI=1S/C21H27N3O/c1-16-5-4-6-21(13-16)24-12-11-23(14-17(24)2)15-19-7-9-20(10-8-19)22-18(3)25/h4-10,13,17H,11-12,14-15H2,1-3H3,(H,22,25). The highest BCUT2D eigenvalue weighted by molar-refractivity contribution is 5.88. The monoisotopic (exact) mass is 337 g/mol. The van der Waals surface area contributed by atoms with Gasteiger partial charge in [-0.15, -0.1) is 0 Å². The number of rotatable bonds is 4. The molecule has 4 heteroatoms. The molecule has 1 heterocycles. The van der Waals surface area contributed by atoms with Crippen molar-refractivity contribution in [3.63, 3.8) is 0 Å². The van der Waals surface area contributed by atoms with Crippen LogP contribution in [0.25, 0.3) is 0 Å². The zero-order chi connectivity index (χ0) is 17.8. The number of carbonyl (C=O) groups excluding carboxylic acids is 1. The molecule has 1 N–H and O–H groups in total. The molecule has 1 amide bonds. The smallest absolute Gasteiger partial charge is 0.221 e. The number of piperazine rings is 1. The van der Waals surface area contributed by atoms with Crippen molar-refractivity contribution in [1.29, 1.82) is 0 Å². The summed E-state index contributed by atoms with van der Waals surface area (Å²) in [5.41, 5.74) is 4.78. The summed E-state index contributed by atoms with van der Waals surface area (Å²) in [4.78, 5) is 16.1. The van der Waals surface area contributed by atoms with Gasteiger partial charge in [-0.2, -0.15) is 0 Å². The van der Waals surface area contributed by atoms with Crippen LogP contribution in [-0.2, 0) is 11.3 Å². The van der Waals surface area contributed by atoms with E-state index in [2.05, 4.69) is 65.4 Å². The topological polar surface area (TPSA) is 35.6 Å². The molecule has 132 valence electrons. The van der Waals surface area contributed by atoms with E-state index in [9.17, 15) is 4.79 Å². The number of aryl methyl sites for hydroxylation is 1. The third kappa shape index (κ3) is 4.60. The van der Waals surface area contributed by atoms with Gasteiger partial charge in [0, 0.05) is 50.5 Å². The summed E-state index contributed by atoms with van der Waals surface area (Å²) in [6.07, 6.45) is 0. The minimum absolute atomic E-state index is 0.0335. The fraction of sp³-hybridized carbons (Fsp3) is 0.381. The number of hydrogen-bond donors (Lipinski definition) is 1. The second-order valence-corrected chi connectivity index (χ2v) is 6.99. The van der Waals surface area contributed by atoms with E-state index >= 15 is 0 Å². The minimum Gasteiger partial charge on any atom is -0.366 e. The number of carbonyl (C=O) groups is 1. The molecule has 1 saturated heterocycles. The quantitative estimate of drug-likeness (QED) is 0.925. The van der Waals surface area contributed by atoms with E-state index in [1.807, 2.05) is 12.1 Å². The van der Waals surface area contributed by atoms with Crippen molar-refractivity contribution in [2.45, 2.75) is 33.4 Å². The first-order valence-corrected chi connectivity index (χ1v) is 8.93. The summed E-state index contributed by atoms with van der Waals surface area (Å²) in [6.45, 7) is 10.1. The van der Waals surface area contributed by atoms with Crippen molar-refractivity contribution >= 4 is 17.3 Å². The lowest BCUT2D eigenvalue weighted by Gasteiger charge is -2.41. The van der Waals surface area contributed by atoms with Crippen molar-refractivity contribution in [2.24, 2.45) is 0 Å². The molecule has 0 bridgehead atoms. The first-order chi connectivity index (χ1) is 12.0. The lowest BCUT2D eigenvalue weighted by atomic mass is 10.1. The van der Waals surface area contributed by atoms with Crippen LogP contribution in [0.1, 0.15) is 25.0 Å². The van der Waals surface area contributed by atoms with Crippen LogP contribution in [-0.4, -0.2) is 36.5 Å². The SMILES string of the molecule is CC(=O)Nc1ccc(CN2CCN(c3cccc(C)c3)C(C)C2)cc1. The first kappa shape index (κ1) is 17.5. The van der Waals surface area contributed by atoms with Crippen molar-refractivity contribution in [2.75, 3.05) is 29.9 Å². The zero-order valence-corrected chi connectivity index (χ0v) is 15.3. The van der Waals surface area contributed by atoms with Crippen LogP contribution in [0, 0.1) is 6.92 Å². The lowest BCUT2D eigenvalue weighted by molar-refractivity contribution is -0.114. The van der Waals surface area contributed by atoms with Crippen LogP contribution in [0.3, 0.4) is 0 Å². The maximum Gasteiger partial charge on any atom is 0.221 e. The molecule has 3 rings (SSSR count). The molecule has 1 aliphatic rings. The molecular weight excluding hydrogens is 310 g/mol. The highest BCUT2D eigenvalue weighted by Crippen LogP contribution is 2.22. The van der Waals surface area contributed by atoms with Gasteiger partial charge in [0.15, 0.2) is 0 Å². The van der Waals surface area contributed by atoms with Gasteiger partial charge < -0.3 is 10.2 Å². The van der Waals surface area contributed by atoms with Gasteiger partial charge in [-0.3, -0.25) is 9.69 Å². The Labute approximate surface area is 150 Å². The van der Waals surface area contributed by atoms with E-state index in [4.69, 9.17) is 0 Å². The Kier molecular flexibility index (Phi) is 5.39. The Morgan fingerprint density at radius 3 is 2.56 bits per heavy atom. The normalized spacial score (nSPS) is 18.2. The van der Waals surface area contributed by atoms with E-state index in [0.717, 1.165) is 31.9 Å². The maximum absolute atomic E-state index is 11.1. The van der Waals surface area contributed by atoms with E-state index in [1.165, 1.54) is 23.7 Å². The average Bonchev–Trinajstić information content (AvgIpc) is 2.56. The molecule has 2 aromatic rings. The van der Waals surface area contributed by atoms with Gasteiger partial charge in [-0.05, 0) is 49.2 Å². The summed E-state index contributed by atoms with van der Waals surface area (Å²) in [5.74, 6) is -0.0335. The van der Waals surface area contributed by atoms with Gasteiger partial charge in [0.25, 0.3) is 0 Å². The maximum atomic E-state index is 11.1. The van der Waals surface area contributed by atoms with Crippen LogP contribution in [0.15, 0.2) is 48.5 Å². The average molecular weight is 337 g/mol. The summed E-state index contributed by atoms with van der Waals surface area (Å²) < 4.78 is 0. The number of hydrogen-bond acceptors (Lipinski definition) is 3. The molecule has 0 radical (unpaired) electrons. The van der Waals surface area contributed by atoms with Crippen LogP contribution in [0.5, 0.6) is 0 Å². The molecule has 0 aromatic heterocycles. The van der Waals surface area contributed by atoms with E-state index in [1.54, 1.807) is 0 Å². The fourth-order valence-electron chi connectivity index (χ4n) is 3.52. The minimum atomic E-state index is -0.0335. The first-order valence-electron chi connectivity index (χ1n) is 8.93. The number of benzene rings is 2. The number of nitrogens with zero attached hydrogens (tertiary/aromatic N) is 2. The highest BCUT2D eigenvalue weighted by Gasteiger charge is 2.23. The van der Waals surface area contributed by atoms with Crippen molar-refractivity contribution in [1.82, 2.24) is 4.90 Å². The van der Waals surface area contributed by atoms with Gasteiger partial charge >= 0.3 is 0 Å². The zero-order valence-electron chi connectivity index (χ0n) is 15.3.